The van der Waals surface area contributed by atoms with Crippen LogP contribution < -0.4 is 4.72 Å². The van der Waals surface area contributed by atoms with Crippen LogP contribution in [0, 0.1) is 19.8 Å². The van der Waals surface area contributed by atoms with E-state index in [0.717, 1.165) is 19.3 Å². The lowest BCUT2D eigenvalue weighted by Gasteiger charge is -2.15. The molecular weight excluding hydrogens is 288 g/mol. The van der Waals surface area contributed by atoms with Crippen molar-refractivity contribution in [2.75, 3.05) is 12.4 Å². The molecule has 1 rings (SSSR count). The van der Waals surface area contributed by atoms with E-state index in [9.17, 15) is 8.42 Å². The Morgan fingerprint density at radius 3 is 2.53 bits per heavy atom. The molecule has 0 amide bonds. The van der Waals surface area contributed by atoms with E-state index in [2.05, 4.69) is 16.8 Å². The number of hydrogen-bond donors (Lipinski definition) is 1. The molecule has 0 spiro atoms. The molecule has 1 aromatic heterocycles. The molecule has 0 bridgehead atoms. The van der Waals surface area contributed by atoms with Gasteiger partial charge in [0.15, 0.2) is 5.76 Å². The Balaban J connectivity index is 2.75. The van der Waals surface area contributed by atoms with Gasteiger partial charge in [0.05, 0.1) is 0 Å². The zero-order valence-electron chi connectivity index (χ0n) is 11.6. The first-order chi connectivity index (χ1) is 8.92. The molecule has 19 heavy (non-hydrogen) atoms. The summed E-state index contributed by atoms with van der Waals surface area (Å²) in [5, 5.41) is 3.67. The molecule has 5 nitrogen and oxygen atoms in total. The molecule has 0 radical (unpaired) electrons. The third-order valence-electron chi connectivity index (χ3n) is 3.01. The van der Waals surface area contributed by atoms with Gasteiger partial charge in [-0.25, -0.2) is 13.1 Å². The van der Waals surface area contributed by atoms with E-state index < -0.39 is 10.0 Å². The Morgan fingerprint density at radius 1 is 1.37 bits per heavy atom. The van der Waals surface area contributed by atoms with Gasteiger partial charge in [0.2, 0.25) is 10.0 Å². The molecule has 0 aliphatic carbocycles. The summed E-state index contributed by atoms with van der Waals surface area (Å²) in [6, 6.07) is 0. The maximum atomic E-state index is 12.2. The van der Waals surface area contributed by atoms with Gasteiger partial charge in [0.1, 0.15) is 10.6 Å². The van der Waals surface area contributed by atoms with E-state index in [-0.39, 0.29) is 10.8 Å². The smallest absolute Gasteiger partial charge is 0.245 e. The predicted octanol–water partition coefficient (Wildman–Crippen LogP) is 2.61. The van der Waals surface area contributed by atoms with Crippen LogP contribution in [-0.2, 0) is 10.0 Å². The van der Waals surface area contributed by atoms with Gasteiger partial charge in [-0.15, -0.1) is 11.6 Å². The molecule has 0 saturated carbocycles. The lowest BCUT2D eigenvalue weighted by molar-refractivity contribution is 0.390. The minimum Gasteiger partial charge on any atom is -0.360 e. The van der Waals surface area contributed by atoms with Gasteiger partial charge in [0, 0.05) is 12.4 Å². The maximum absolute atomic E-state index is 12.2. The summed E-state index contributed by atoms with van der Waals surface area (Å²) in [5.74, 6) is 1.12. The largest absolute Gasteiger partial charge is 0.360 e. The number of halogens is 1. The molecule has 0 aliphatic heterocycles. The monoisotopic (exact) mass is 308 g/mol. The van der Waals surface area contributed by atoms with Crippen molar-refractivity contribution in [3.8, 4) is 0 Å². The van der Waals surface area contributed by atoms with Gasteiger partial charge < -0.3 is 4.52 Å². The first-order valence-corrected chi connectivity index (χ1v) is 8.42. The van der Waals surface area contributed by atoms with Crippen molar-refractivity contribution in [3.63, 3.8) is 0 Å². The number of alkyl halides is 1. The Bertz CT molecular complexity index is 474. The Kier molecular flexibility index (Phi) is 6.29. The van der Waals surface area contributed by atoms with Crippen molar-refractivity contribution in [3.05, 3.63) is 11.5 Å². The summed E-state index contributed by atoms with van der Waals surface area (Å²) in [5.41, 5.74) is 0.384. The molecule has 110 valence electrons. The lowest BCUT2D eigenvalue weighted by atomic mass is 10.0. The summed E-state index contributed by atoms with van der Waals surface area (Å²) in [6.07, 6.45) is 2.77. The van der Waals surface area contributed by atoms with Crippen LogP contribution in [0.1, 0.15) is 37.6 Å². The third kappa shape index (κ3) is 4.47. The number of sulfonamides is 1. The van der Waals surface area contributed by atoms with Crippen LogP contribution in [0.2, 0.25) is 0 Å². The highest BCUT2D eigenvalue weighted by atomic mass is 35.5. The van der Waals surface area contributed by atoms with Crippen molar-refractivity contribution in [2.45, 2.75) is 44.9 Å². The summed E-state index contributed by atoms with van der Waals surface area (Å²) >= 11 is 5.73. The molecular formula is C12H21ClN2O3S. The molecule has 7 heteroatoms. The molecule has 1 heterocycles. The van der Waals surface area contributed by atoms with E-state index in [1.165, 1.54) is 0 Å². The molecule has 1 N–H and O–H groups in total. The van der Waals surface area contributed by atoms with Gasteiger partial charge in [-0.05, 0) is 32.6 Å². The maximum Gasteiger partial charge on any atom is 0.245 e. The molecule has 1 aromatic rings. The standard InChI is InChI=1S/C12H21ClN2O3S/c1-4-5-11(6-7-13)8-14-19(16,17)12-9(2)15-18-10(12)3/h11,14H,4-8H2,1-3H3. The van der Waals surface area contributed by atoms with Crippen molar-refractivity contribution < 1.29 is 12.9 Å². The average Bonchev–Trinajstić information content (AvgIpc) is 2.67. The van der Waals surface area contributed by atoms with Crippen LogP contribution >= 0.6 is 11.6 Å². The summed E-state index contributed by atoms with van der Waals surface area (Å²) < 4.78 is 31.9. The zero-order chi connectivity index (χ0) is 14.5. The van der Waals surface area contributed by atoms with Crippen LogP contribution in [0.3, 0.4) is 0 Å². The molecule has 1 atom stereocenters. The van der Waals surface area contributed by atoms with Crippen molar-refractivity contribution in [1.29, 1.82) is 0 Å². The van der Waals surface area contributed by atoms with E-state index in [1.54, 1.807) is 13.8 Å². The Morgan fingerprint density at radius 2 is 2.05 bits per heavy atom. The van der Waals surface area contributed by atoms with Crippen molar-refractivity contribution in [2.24, 2.45) is 5.92 Å². The van der Waals surface area contributed by atoms with Crippen LogP contribution in [0.5, 0.6) is 0 Å². The summed E-state index contributed by atoms with van der Waals surface area (Å²) in [6.45, 7) is 5.68. The SMILES string of the molecule is CCCC(CCCl)CNS(=O)(=O)c1c(C)noc1C. The van der Waals surface area contributed by atoms with Gasteiger partial charge in [-0.1, -0.05) is 18.5 Å². The third-order valence-corrected chi connectivity index (χ3v) is 4.90. The Hall–Kier alpha value is -0.590. The molecule has 0 fully saturated rings. The number of nitrogens with zero attached hydrogens (tertiary/aromatic N) is 1. The number of aromatic nitrogens is 1. The van der Waals surface area contributed by atoms with Gasteiger partial charge in [-0.3, -0.25) is 0 Å². The first-order valence-electron chi connectivity index (χ1n) is 6.40. The topological polar surface area (TPSA) is 72.2 Å². The zero-order valence-corrected chi connectivity index (χ0v) is 13.1. The van der Waals surface area contributed by atoms with Crippen LogP contribution in [-0.4, -0.2) is 26.0 Å². The minimum absolute atomic E-state index is 0.147. The fourth-order valence-corrected chi connectivity index (χ4v) is 3.82. The minimum atomic E-state index is -3.56. The highest BCUT2D eigenvalue weighted by Crippen LogP contribution is 2.19. The van der Waals surface area contributed by atoms with Crippen LogP contribution in [0.25, 0.3) is 0 Å². The van der Waals surface area contributed by atoms with E-state index in [4.69, 9.17) is 16.1 Å². The van der Waals surface area contributed by atoms with Gasteiger partial charge >= 0.3 is 0 Å². The molecule has 0 aromatic carbocycles. The van der Waals surface area contributed by atoms with Gasteiger partial charge in [0.25, 0.3) is 0 Å². The second-order valence-corrected chi connectivity index (χ2v) is 6.72. The quantitative estimate of drug-likeness (QED) is 0.749. The normalized spacial score (nSPS) is 13.7. The number of aryl methyl sites for hydroxylation is 2. The van der Waals surface area contributed by atoms with E-state index in [0.29, 0.717) is 23.9 Å². The van der Waals surface area contributed by atoms with E-state index >= 15 is 0 Å². The van der Waals surface area contributed by atoms with Crippen molar-refractivity contribution >= 4 is 21.6 Å². The second-order valence-electron chi connectivity index (χ2n) is 4.64. The number of rotatable bonds is 8. The molecule has 1 unspecified atom stereocenters. The first kappa shape index (κ1) is 16.5. The Labute approximate surface area is 119 Å². The van der Waals surface area contributed by atoms with Gasteiger partial charge in [-0.2, -0.15) is 0 Å². The van der Waals surface area contributed by atoms with Crippen LogP contribution in [0.4, 0.5) is 0 Å². The molecule has 0 aliphatic rings. The predicted molar refractivity (Wildman–Crippen MR) is 74.9 cm³/mol. The summed E-state index contributed by atoms with van der Waals surface area (Å²) in [4.78, 5) is 0.147. The van der Waals surface area contributed by atoms with Crippen LogP contribution in [0.15, 0.2) is 9.42 Å². The molecule has 0 saturated heterocycles. The number of nitrogens with one attached hydrogen (secondary N) is 1. The fourth-order valence-electron chi connectivity index (χ4n) is 2.07. The lowest BCUT2D eigenvalue weighted by Crippen LogP contribution is -2.30. The average molecular weight is 309 g/mol. The highest BCUT2D eigenvalue weighted by Gasteiger charge is 2.24. The second kappa shape index (κ2) is 7.26. The summed E-state index contributed by atoms with van der Waals surface area (Å²) in [7, 11) is -3.56. The van der Waals surface area contributed by atoms with E-state index in [1.807, 2.05) is 0 Å². The number of hydrogen-bond acceptors (Lipinski definition) is 4. The highest BCUT2D eigenvalue weighted by molar-refractivity contribution is 7.89. The fraction of sp³-hybridized carbons (Fsp3) is 0.750. The van der Waals surface area contributed by atoms with Crippen molar-refractivity contribution in [1.82, 2.24) is 9.88 Å².